The lowest BCUT2D eigenvalue weighted by molar-refractivity contribution is -0.115. The van der Waals surface area contributed by atoms with Crippen LogP contribution < -0.4 is 4.74 Å². The van der Waals surface area contributed by atoms with E-state index >= 15 is 0 Å². The first kappa shape index (κ1) is 20.5. The molecule has 5 heteroatoms. The van der Waals surface area contributed by atoms with Crippen LogP contribution in [0, 0.1) is 0 Å². The average molecular weight is 438 g/mol. The normalized spacial score (nSPS) is 16.4. The molecule has 3 nitrogen and oxygen atoms in total. The second-order valence-electron chi connectivity index (χ2n) is 7.25. The van der Waals surface area contributed by atoms with Crippen LogP contribution in [0.3, 0.4) is 0 Å². The molecular weight excluding hydrogens is 417 g/mol. The van der Waals surface area contributed by atoms with E-state index in [1.807, 2.05) is 54.7 Å². The molecule has 0 bridgehead atoms. The van der Waals surface area contributed by atoms with Crippen LogP contribution in [0.15, 0.2) is 79.0 Å². The van der Waals surface area contributed by atoms with Gasteiger partial charge in [0.05, 0.1) is 23.2 Å². The zero-order chi connectivity index (χ0) is 21.1. The van der Waals surface area contributed by atoms with E-state index in [-0.39, 0.29) is 11.8 Å². The molecule has 4 rings (SSSR count). The van der Waals surface area contributed by atoms with Crippen molar-refractivity contribution in [2.24, 2.45) is 0 Å². The topological polar surface area (TPSA) is 29.5 Å². The SMILES string of the molecule is COc1ccc(C2CC(=O)C(c3ccc(Cl)c(Cl)c3)=CN2Cc2ccccc2)cc1. The lowest BCUT2D eigenvalue weighted by Crippen LogP contribution is -2.30. The molecule has 1 atom stereocenters. The van der Waals surface area contributed by atoms with Gasteiger partial charge in [-0.2, -0.15) is 0 Å². The number of ether oxygens (including phenoxy) is 1. The predicted octanol–water partition coefficient (Wildman–Crippen LogP) is 6.56. The quantitative estimate of drug-likeness (QED) is 0.452. The van der Waals surface area contributed by atoms with Crippen LogP contribution in [-0.2, 0) is 11.3 Å². The Morgan fingerprint density at radius 1 is 0.967 bits per heavy atom. The van der Waals surface area contributed by atoms with Gasteiger partial charge in [0.1, 0.15) is 5.75 Å². The fourth-order valence-electron chi connectivity index (χ4n) is 3.72. The zero-order valence-corrected chi connectivity index (χ0v) is 18.0. The minimum absolute atomic E-state index is 0.0601. The molecule has 0 amide bonds. The molecular formula is C25H21Cl2NO2. The van der Waals surface area contributed by atoms with Gasteiger partial charge in [0.15, 0.2) is 5.78 Å². The van der Waals surface area contributed by atoms with Gasteiger partial charge >= 0.3 is 0 Å². The Hall–Kier alpha value is -2.75. The summed E-state index contributed by atoms with van der Waals surface area (Å²) in [6, 6.07) is 23.4. The van der Waals surface area contributed by atoms with Crippen LogP contribution in [0.5, 0.6) is 5.75 Å². The summed E-state index contributed by atoms with van der Waals surface area (Å²) in [6.07, 6.45) is 2.33. The van der Waals surface area contributed by atoms with Gasteiger partial charge in [0, 0.05) is 24.7 Å². The third kappa shape index (κ3) is 4.38. The molecule has 0 spiro atoms. The summed E-state index contributed by atoms with van der Waals surface area (Å²) in [5, 5.41) is 0.913. The molecule has 0 saturated heterocycles. The highest BCUT2D eigenvalue weighted by Crippen LogP contribution is 2.37. The maximum atomic E-state index is 13.1. The third-order valence-electron chi connectivity index (χ3n) is 5.31. The highest BCUT2D eigenvalue weighted by molar-refractivity contribution is 6.42. The van der Waals surface area contributed by atoms with Crippen molar-refractivity contribution in [1.29, 1.82) is 0 Å². The van der Waals surface area contributed by atoms with Gasteiger partial charge in [0.25, 0.3) is 0 Å². The number of hydrogen-bond acceptors (Lipinski definition) is 3. The highest BCUT2D eigenvalue weighted by Gasteiger charge is 2.29. The lowest BCUT2D eigenvalue weighted by Gasteiger charge is -2.35. The van der Waals surface area contributed by atoms with Crippen LogP contribution in [0.2, 0.25) is 10.0 Å². The van der Waals surface area contributed by atoms with Crippen LogP contribution in [0.1, 0.15) is 29.2 Å². The van der Waals surface area contributed by atoms with Crippen LogP contribution in [0.25, 0.3) is 5.57 Å². The van der Waals surface area contributed by atoms with Crippen molar-refractivity contribution >= 4 is 34.6 Å². The first-order chi connectivity index (χ1) is 14.5. The van der Waals surface area contributed by atoms with E-state index in [2.05, 4.69) is 17.0 Å². The Kier molecular flexibility index (Phi) is 6.12. The molecule has 0 radical (unpaired) electrons. The number of halogens is 2. The average Bonchev–Trinajstić information content (AvgIpc) is 2.77. The van der Waals surface area contributed by atoms with E-state index in [4.69, 9.17) is 27.9 Å². The number of benzene rings is 3. The molecule has 3 aromatic rings. The van der Waals surface area contributed by atoms with E-state index in [9.17, 15) is 4.79 Å². The van der Waals surface area contributed by atoms with Crippen LogP contribution in [-0.4, -0.2) is 17.8 Å². The number of hydrogen-bond donors (Lipinski definition) is 0. The summed E-state index contributed by atoms with van der Waals surface area (Å²) in [5.74, 6) is 0.876. The van der Waals surface area contributed by atoms with Gasteiger partial charge in [-0.05, 0) is 41.0 Å². The zero-order valence-electron chi connectivity index (χ0n) is 16.5. The highest BCUT2D eigenvalue weighted by atomic mass is 35.5. The largest absolute Gasteiger partial charge is 0.497 e. The predicted molar refractivity (Wildman–Crippen MR) is 122 cm³/mol. The lowest BCUT2D eigenvalue weighted by atomic mass is 9.90. The maximum Gasteiger partial charge on any atom is 0.167 e. The molecule has 0 aromatic heterocycles. The molecule has 1 aliphatic heterocycles. The maximum absolute atomic E-state index is 13.1. The molecule has 3 aromatic carbocycles. The van der Waals surface area contributed by atoms with E-state index in [1.54, 1.807) is 19.2 Å². The van der Waals surface area contributed by atoms with Crippen LogP contribution >= 0.6 is 23.2 Å². The van der Waals surface area contributed by atoms with Crippen LogP contribution in [0.4, 0.5) is 0 Å². The van der Waals surface area contributed by atoms with Crippen molar-refractivity contribution < 1.29 is 9.53 Å². The van der Waals surface area contributed by atoms with Crippen molar-refractivity contribution in [3.63, 3.8) is 0 Å². The summed E-state index contributed by atoms with van der Waals surface area (Å²) < 4.78 is 5.28. The van der Waals surface area contributed by atoms with Crippen molar-refractivity contribution in [1.82, 2.24) is 4.90 Å². The van der Waals surface area contributed by atoms with Crippen molar-refractivity contribution in [3.8, 4) is 5.75 Å². The van der Waals surface area contributed by atoms with E-state index < -0.39 is 0 Å². The third-order valence-corrected chi connectivity index (χ3v) is 6.05. The smallest absolute Gasteiger partial charge is 0.167 e. The molecule has 0 aliphatic carbocycles. The molecule has 1 aliphatic rings. The second-order valence-corrected chi connectivity index (χ2v) is 8.06. The number of rotatable bonds is 5. The Morgan fingerprint density at radius 2 is 1.70 bits per heavy atom. The second kappa shape index (κ2) is 8.95. The standard InChI is InChI=1S/C25H21Cl2NO2/c1-30-20-10-7-18(8-11-20)24-14-25(29)21(19-9-12-22(26)23(27)13-19)16-28(24)15-17-5-3-2-4-6-17/h2-13,16,24H,14-15H2,1H3. The Bertz CT molecular complexity index is 1080. The number of carbonyl (C=O) groups is 1. The van der Waals surface area contributed by atoms with E-state index in [1.165, 1.54) is 5.56 Å². The van der Waals surface area contributed by atoms with E-state index in [0.29, 0.717) is 28.6 Å². The number of carbonyl (C=O) groups excluding carboxylic acids is 1. The Labute approximate surface area is 186 Å². The number of Topliss-reactive ketones (excluding diaryl/α,β-unsaturated/α-hetero) is 1. The summed E-state index contributed by atoms with van der Waals surface area (Å²) in [5.41, 5.74) is 3.68. The Morgan fingerprint density at radius 3 is 2.37 bits per heavy atom. The number of nitrogens with zero attached hydrogens (tertiary/aromatic N) is 1. The summed E-state index contributed by atoms with van der Waals surface area (Å²) in [6.45, 7) is 0.690. The van der Waals surface area contributed by atoms with E-state index in [0.717, 1.165) is 16.9 Å². The fraction of sp³-hybridized carbons (Fsp3) is 0.160. The number of ketones is 1. The van der Waals surface area contributed by atoms with Gasteiger partial charge in [-0.15, -0.1) is 0 Å². The van der Waals surface area contributed by atoms with Gasteiger partial charge in [0.2, 0.25) is 0 Å². The monoisotopic (exact) mass is 437 g/mol. The number of methoxy groups -OCH3 is 1. The molecule has 30 heavy (non-hydrogen) atoms. The molecule has 0 fully saturated rings. The Balaban J connectivity index is 1.74. The first-order valence-corrected chi connectivity index (χ1v) is 10.4. The van der Waals surface area contributed by atoms with Crippen molar-refractivity contribution in [3.05, 3.63) is 106 Å². The van der Waals surface area contributed by atoms with Gasteiger partial charge in [-0.3, -0.25) is 4.79 Å². The fourth-order valence-corrected chi connectivity index (χ4v) is 4.01. The van der Waals surface area contributed by atoms with Crippen molar-refractivity contribution in [2.75, 3.05) is 7.11 Å². The number of allylic oxidation sites excluding steroid dienone is 1. The summed E-state index contributed by atoms with van der Waals surface area (Å²) in [7, 11) is 1.65. The minimum atomic E-state index is -0.0601. The molecule has 0 saturated carbocycles. The molecule has 1 heterocycles. The van der Waals surface area contributed by atoms with Crippen molar-refractivity contribution in [2.45, 2.75) is 19.0 Å². The summed E-state index contributed by atoms with van der Waals surface area (Å²) >= 11 is 12.3. The molecule has 1 unspecified atom stereocenters. The minimum Gasteiger partial charge on any atom is -0.497 e. The molecule has 0 N–H and O–H groups in total. The molecule has 152 valence electrons. The van der Waals surface area contributed by atoms with Gasteiger partial charge < -0.3 is 9.64 Å². The van der Waals surface area contributed by atoms with Gasteiger partial charge in [-0.25, -0.2) is 0 Å². The summed E-state index contributed by atoms with van der Waals surface area (Å²) in [4.78, 5) is 15.3. The first-order valence-electron chi connectivity index (χ1n) is 9.69. The van der Waals surface area contributed by atoms with Gasteiger partial charge in [-0.1, -0.05) is 71.7 Å².